The van der Waals surface area contributed by atoms with E-state index in [2.05, 4.69) is 5.32 Å². The number of nitrogens with zero attached hydrogens (tertiary/aromatic N) is 1. The first-order valence-corrected chi connectivity index (χ1v) is 5.39. The average Bonchev–Trinajstić information content (AvgIpc) is 2.22. The highest BCUT2D eigenvalue weighted by Crippen LogP contribution is 2.36. The summed E-state index contributed by atoms with van der Waals surface area (Å²) >= 11 is 6.08. The Hall–Kier alpha value is -1.22. The first-order chi connectivity index (χ1) is 7.15. The molecule has 1 aromatic carbocycles. The Kier molecular flexibility index (Phi) is 2.57. The predicted molar refractivity (Wildman–Crippen MR) is 62.6 cm³/mol. The SMILES string of the molecule is CCN1C(=O)C(C)Nc2c(Cl)cccc21. The number of benzene rings is 1. The molecule has 0 saturated carbocycles. The molecule has 0 bridgehead atoms. The van der Waals surface area contributed by atoms with E-state index in [0.29, 0.717) is 11.6 Å². The summed E-state index contributed by atoms with van der Waals surface area (Å²) < 4.78 is 0. The molecule has 1 aliphatic heterocycles. The molecule has 0 aliphatic carbocycles. The Morgan fingerprint density at radius 2 is 2.27 bits per heavy atom. The van der Waals surface area contributed by atoms with Crippen LogP contribution in [0, 0.1) is 0 Å². The molecule has 1 amide bonds. The summed E-state index contributed by atoms with van der Waals surface area (Å²) in [6.07, 6.45) is 0. The van der Waals surface area contributed by atoms with Crippen LogP contribution in [0.15, 0.2) is 18.2 Å². The molecule has 1 heterocycles. The van der Waals surface area contributed by atoms with E-state index in [1.54, 1.807) is 4.90 Å². The Labute approximate surface area is 94.0 Å². The first kappa shape index (κ1) is 10.3. The number of halogens is 1. The number of carbonyl (C=O) groups excluding carboxylic acids is 1. The number of amides is 1. The number of carbonyl (C=O) groups is 1. The molecule has 0 saturated heterocycles. The lowest BCUT2D eigenvalue weighted by Gasteiger charge is -2.33. The lowest BCUT2D eigenvalue weighted by Crippen LogP contribution is -2.45. The van der Waals surface area contributed by atoms with Crippen molar-refractivity contribution in [1.29, 1.82) is 0 Å². The van der Waals surface area contributed by atoms with Crippen molar-refractivity contribution in [3.63, 3.8) is 0 Å². The van der Waals surface area contributed by atoms with Gasteiger partial charge in [-0.1, -0.05) is 17.7 Å². The maximum Gasteiger partial charge on any atom is 0.249 e. The second kappa shape index (κ2) is 3.74. The third-order valence-electron chi connectivity index (χ3n) is 2.60. The van der Waals surface area contributed by atoms with Crippen LogP contribution in [-0.2, 0) is 4.79 Å². The number of fused-ring (bicyclic) bond motifs is 1. The van der Waals surface area contributed by atoms with Crippen molar-refractivity contribution < 1.29 is 4.79 Å². The predicted octanol–water partition coefficient (Wildman–Crippen LogP) is 2.51. The highest BCUT2D eigenvalue weighted by Gasteiger charge is 2.29. The Morgan fingerprint density at radius 3 is 2.93 bits per heavy atom. The zero-order valence-corrected chi connectivity index (χ0v) is 9.51. The van der Waals surface area contributed by atoms with Crippen LogP contribution < -0.4 is 10.2 Å². The maximum atomic E-state index is 11.9. The number of nitrogens with one attached hydrogen (secondary N) is 1. The first-order valence-electron chi connectivity index (χ1n) is 5.01. The van der Waals surface area contributed by atoms with E-state index in [0.717, 1.165) is 11.4 Å². The van der Waals surface area contributed by atoms with Gasteiger partial charge in [0.1, 0.15) is 6.04 Å². The van der Waals surface area contributed by atoms with Crippen molar-refractivity contribution in [3.05, 3.63) is 23.2 Å². The molecular formula is C11H13ClN2O. The lowest BCUT2D eigenvalue weighted by atomic mass is 10.1. The van der Waals surface area contributed by atoms with Crippen molar-refractivity contribution in [2.24, 2.45) is 0 Å². The van der Waals surface area contributed by atoms with E-state index >= 15 is 0 Å². The topological polar surface area (TPSA) is 32.3 Å². The summed E-state index contributed by atoms with van der Waals surface area (Å²) in [6.45, 7) is 4.47. The van der Waals surface area contributed by atoms with Crippen LogP contribution in [0.1, 0.15) is 13.8 Å². The average molecular weight is 225 g/mol. The molecule has 3 nitrogen and oxygen atoms in total. The molecular weight excluding hydrogens is 212 g/mol. The fourth-order valence-corrected chi connectivity index (χ4v) is 2.06. The minimum Gasteiger partial charge on any atom is -0.371 e. The highest BCUT2D eigenvalue weighted by atomic mass is 35.5. The van der Waals surface area contributed by atoms with Gasteiger partial charge < -0.3 is 10.2 Å². The summed E-state index contributed by atoms with van der Waals surface area (Å²) in [6, 6.07) is 5.37. The van der Waals surface area contributed by atoms with Gasteiger partial charge in [-0.05, 0) is 26.0 Å². The van der Waals surface area contributed by atoms with E-state index in [1.807, 2.05) is 32.0 Å². The van der Waals surface area contributed by atoms with Crippen molar-refractivity contribution in [1.82, 2.24) is 0 Å². The van der Waals surface area contributed by atoms with Crippen LogP contribution in [0.3, 0.4) is 0 Å². The van der Waals surface area contributed by atoms with Gasteiger partial charge in [0.15, 0.2) is 0 Å². The fourth-order valence-electron chi connectivity index (χ4n) is 1.84. The number of para-hydroxylation sites is 1. The minimum absolute atomic E-state index is 0.0901. The molecule has 0 radical (unpaired) electrons. The highest BCUT2D eigenvalue weighted by molar-refractivity contribution is 6.34. The van der Waals surface area contributed by atoms with E-state index in [-0.39, 0.29) is 11.9 Å². The molecule has 0 aromatic heterocycles. The smallest absolute Gasteiger partial charge is 0.249 e. The molecule has 15 heavy (non-hydrogen) atoms. The largest absolute Gasteiger partial charge is 0.371 e. The van der Waals surface area contributed by atoms with Crippen LogP contribution in [0.2, 0.25) is 5.02 Å². The van der Waals surface area contributed by atoms with E-state index in [4.69, 9.17) is 11.6 Å². The zero-order valence-electron chi connectivity index (χ0n) is 8.75. The van der Waals surface area contributed by atoms with Crippen LogP contribution in [0.4, 0.5) is 11.4 Å². The summed E-state index contributed by atoms with van der Waals surface area (Å²) in [5, 5.41) is 3.78. The van der Waals surface area contributed by atoms with Crippen LogP contribution in [0.25, 0.3) is 0 Å². The molecule has 4 heteroatoms. The normalized spacial score (nSPS) is 19.8. The Bertz CT molecular complexity index is 406. The lowest BCUT2D eigenvalue weighted by molar-refractivity contribution is -0.119. The molecule has 1 aromatic rings. The van der Waals surface area contributed by atoms with E-state index < -0.39 is 0 Å². The van der Waals surface area contributed by atoms with Gasteiger partial charge in [0.05, 0.1) is 16.4 Å². The zero-order chi connectivity index (χ0) is 11.0. The summed E-state index contributed by atoms with van der Waals surface area (Å²) in [5.74, 6) is 0.0901. The number of likely N-dealkylation sites (N-methyl/N-ethyl adjacent to an activating group) is 1. The van der Waals surface area contributed by atoms with Crippen molar-refractivity contribution in [3.8, 4) is 0 Å². The third kappa shape index (κ3) is 1.57. The number of anilines is 2. The molecule has 0 fully saturated rings. The Morgan fingerprint density at radius 1 is 1.53 bits per heavy atom. The molecule has 2 rings (SSSR count). The van der Waals surface area contributed by atoms with Crippen LogP contribution in [0.5, 0.6) is 0 Å². The minimum atomic E-state index is -0.211. The van der Waals surface area contributed by atoms with Crippen molar-refractivity contribution in [2.45, 2.75) is 19.9 Å². The van der Waals surface area contributed by atoms with Crippen molar-refractivity contribution >= 4 is 28.9 Å². The molecule has 0 spiro atoms. The molecule has 1 N–H and O–H groups in total. The molecule has 1 atom stereocenters. The van der Waals surface area contributed by atoms with Gasteiger partial charge in [0.25, 0.3) is 0 Å². The van der Waals surface area contributed by atoms with Crippen LogP contribution in [-0.4, -0.2) is 18.5 Å². The molecule has 1 aliphatic rings. The summed E-state index contributed by atoms with van der Waals surface area (Å²) in [4.78, 5) is 13.6. The number of rotatable bonds is 1. The standard InChI is InChI=1S/C11H13ClN2O/c1-3-14-9-6-4-5-8(12)10(9)13-7(2)11(14)15/h4-7,13H,3H2,1-2H3. The van der Waals surface area contributed by atoms with Crippen molar-refractivity contribution in [2.75, 3.05) is 16.8 Å². The van der Waals surface area contributed by atoms with Crippen LogP contribution >= 0.6 is 11.6 Å². The monoisotopic (exact) mass is 224 g/mol. The van der Waals surface area contributed by atoms with Gasteiger partial charge in [0, 0.05) is 6.54 Å². The summed E-state index contributed by atoms with van der Waals surface area (Å²) in [7, 11) is 0. The van der Waals surface area contributed by atoms with Gasteiger partial charge in [-0.3, -0.25) is 4.79 Å². The molecule has 80 valence electrons. The van der Waals surface area contributed by atoms with E-state index in [9.17, 15) is 4.79 Å². The van der Waals surface area contributed by atoms with E-state index in [1.165, 1.54) is 0 Å². The Balaban J connectivity index is 2.54. The van der Waals surface area contributed by atoms with Gasteiger partial charge >= 0.3 is 0 Å². The third-order valence-corrected chi connectivity index (χ3v) is 2.91. The second-order valence-electron chi connectivity index (χ2n) is 3.58. The fraction of sp³-hybridized carbons (Fsp3) is 0.364. The number of hydrogen-bond donors (Lipinski definition) is 1. The van der Waals surface area contributed by atoms with Gasteiger partial charge in [-0.25, -0.2) is 0 Å². The summed E-state index contributed by atoms with van der Waals surface area (Å²) in [5.41, 5.74) is 1.72. The molecule has 1 unspecified atom stereocenters. The quantitative estimate of drug-likeness (QED) is 0.795. The maximum absolute atomic E-state index is 11.9. The van der Waals surface area contributed by atoms with Gasteiger partial charge in [0.2, 0.25) is 5.91 Å². The van der Waals surface area contributed by atoms with Gasteiger partial charge in [-0.15, -0.1) is 0 Å². The van der Waals surface area contributed by atoms with Gasteiger partial charge in [-0.2, -0.15) is 0 Å². The second-order valence-corrected chi connectivity index (χ2v) is 3.99. The number of hydrogen-bond acceptors (Lipinski definition) is 2.